The molecule has 124 valence electrons. The van der Waals surface area contributed by atoms with E-state index in [4.69, 9.17) is 4.74 Å². The fraction of sp³-hybridized carbons (Fsp3) is 0.235. The van der Waals surface area contributed by atoms with Gasteiger partial charge < -0.3 is 15.0 Å². The molecule has 0 fully saturated rings. The molecule has 2 aromatic rings. The van der Waals surface area contributed by atoms with Gasteiger partial charge in [-0.1, -0.05) is 12.1 Å². The Hall–Kier alpha value is -3.09. The van der Waals surface area contributed by atoms with E-state index in [1.807, 2.05) is 17.0 Å². The minimum atomic E-state index is -0.405. The maximum Gasteiger partial charge on any atom is 0.269 e. The number of anilines is 2. The number of benzene rings is 2. The van der Waals surface area contributed by atoms with E-state index in [1.165, 1.54) is 6.07 Å². The van der Waals surface area contributed by atoms with Gasteiger partial charge in [0.2, 0.25) is 5.91 Å². The van der Waals surface area contributed by atoms with Crippen LogP contribution in [0.1, 0.15) is 5.56 Å². The van der Waals surface area contributed by atoms with E-state index in [0.29, 0.717) is 24.4 Å². The van der Waals surface area contributed by atoms with Gasteiger partial charge in [0, 0.05) is 24.4 Å². The number of methoxy groups -OCH3 is 1. The highest BCUT2D eigenvalue weighted by molar-refractivity contribution is 5.95. The molecule has 0 aliphatic carbocycles. The number of rotatable bonds is 5. The summed E-state index contributed by atoms with van der Waals surface area (Å²) in [4.78, 5) is 24.7. The van der Waals surface area contributed by atoms with Crippen molar-refractivity contribution in [2.75, 3.05) is 30.4 Å². The molecule has 7 nitrogen and oxygen atoms in total. The first-order valence-electron chi connectivity index (χ1n) is 7.53. The third-order valence-electron chi connectivity index (χ3n) is 3.98. The third kappa shape index (κ3) is 3.15. The van der Waals surface area contributed by atoms with Gasteiger partial charge in [-0.25, -0.2) is 0 Å². The van der Waals surface area contributed by atoms with E-state index in [2.05, 4.69) is 5.32 Å². The molecule has 0 saturated carbocycles. The number of fused-ring (bicyclic) bond motifs is 1. The molecule has 7 heteroatoms. The number of para-hydroxylation sites is 2. The number of carbonyl (C=O) groups is 1. The highest BCUT2D eigenvalue weighted by Gasteiger charge is 2.23. The Morgan fingerprint density at radius 1 is 1.33 bits per heavy atom. The van der Waals surface area contributed by atoms with Gasteiger partial charge in [-0.3, -0.25) is 14.9 Å². The van der Waals surface area contributed by atoms with Crippen molar-refractivity contribution in [1.29, 1.82) is 0 Å². The highest BCUT2D eigenvalue weighted by atomic mass is 16.6. The molecule has 0 spiro atoms. The van der Waals surface area contributed by atoms with Crippen molar-refractivity contribution < 1.29 is 14.5 Å². The lowest BCUT2D eigenvalue weighted by Gasteiger charge is -2.19. The second-order valence-electron chi connectivity index (χ2n) is 5.49. The van der Waals surface area contributed by atoms with Crippen LogP contribution in [0.25, 0.3) is 0 Å². The summed E-state index contributed by atoms with van der Waals surface area (Å²) in [6.45, 7) is 0.846. The normalized spacial score (nSPS) is 12.6. The van der Waals surface area contributed by atoms with E-state index in [-0.39, 0.29) is 18.1 Å². The van der Waals surface area contributed by atoms with Gasteiger partial charge in [-0.05, 0) is 30.2 Å². The Morgan fingerprint density at radius 2 is 2.12 bits per heavy atom. The molecule has 2 aromatic carbocycles. The molecule has 1 aliphatic rings. The molecule has 0 unspecified atom stereocenters. The predicted octanol–water partition coefficient (Wildman–Crippen LogP) is 2.60. The zero-order valence-electron chi connectivity index (χ0n) is 13.2. The molecule has 1 N–H and O–H groups in total. The molecular weight excluding hydrogens is 310 g/mol. The molecule has 24 heavy (non-hydrogen) atoms. The van der Waals surface area contributed by atoms with E-state index >= 15 is 0 Å². The maximum absolute atomic E-state index is 12.3. The first kappa shape index (κ1) is 15.8. The van der Waals surface area contributed by atoms with Gasteiger partial charge in [0.05, 0.1) is 24.3 Å². The second kappa shape index (κ2) is 6.57. The highest BCUT2D eigenvalue weighted by Crippen LogP contribution is 2.31. The Morgan fingerprint density at radius 3 is 2.88 bits per heavy atom. The van der Waals surface area contributed by atoms with Crippen LogP contribution in [0.4, 0.5) is 17.1 Å². The van der Waals surface area contributed by atoms with E-state index < -0.39 is 4.92 Å². The zero-order valence-corrected chi connectivity index (χ0v) is 13.2. The summed E-state index contributed by atoms with van der Waals surface area (Å²) in [5.41, 5.74) is 2.47. The fourth-order valence-corrected chi connectivity index (χ4v) is 2.85. The number of carbonyl (C=O) groups excluding carboxylic acids is 1. The summed E-state index contributed by atoms with van der Waals surface area (Å²) < 4.78 is 5.22. The summed E-state index contributed by atoms with van der Waals surface area (Å²) in [6.07, 6.45) is 0.693. The molecular formula is C17H17N3O4. The number of ether oxygens (including phenoxy) is 1. The van der Waals surface area contributed by atoms with Gasteiger partial charge in [0.1, 0.15) is 5.75 Å². The number of nitro benzene ring substituents is 1. The minimum absolute atomic E-state index is 0.0778. The van der Waals surface area contributed by atoms with Crippen molar-refractivity contribution in [3.63, 3.8) is 0 Å². The van der Waals surface area contributed by atoms with Crippen LogP contribution in [0.5, 0.6) is 5.75 Å². The summed E-state index contributed by atoms with van der Waals surface area (Å²) in [5.74, 6) is 0.439. The number of hydrogen-bond acceptors (Lipinski definition) is 5. The summed E-state index contributed by atoms with van der Waals surface area (Å²) in [6, 6.07) is 12.0. The average molecular weight is 327 g/mol. The lowest BCUT2D eigenvalue weighted by atomic mass is 10.1. The lowest BCUT2D eigenvalue weighted by molar-refractivity contribution is -0.384. The Balaban J connectivity index is 1.70. The number of amides is 1. The smallest absolute Gasteiger partial charge is 0.269 e. The number of non-ortho nitro benzene ring substituents is 1. The van der Waals surface area contributed by atoms with Crippen LogP contribution >= 0.6 is 0 Å². The van der Waals surface area contributed by atoms with Crippen LogP contribution in [0.15, 0.2) is 42.5 Å². The Labute approximate surface area is 139 Å². The Kier molecular flexibility index (Phi) is 4.33. The van der Waals surface area contributed by atoms with E-state index in [1.54, 1.807) is 31.4 Å². The molecule has 0 aromatic heterocycles. The molecule has 1 heterocycles. The first-order chi connectivity index (χ1) is 11.6. The van der Waals surface area contributed by atoms with Crippen LogP contribution in [-0.2, 0) is 11.2 Å². The number of nitro groups is 1. The van der Waals surface area contributed by atoms with Crippen LogP contribution in [0.3, 0.4) is 0 Å². The van der Waals surface area contributed by atoms with Crippen molar-refractivity contribution in [2.24, 2.45) is 0 Å². The Bertz CT molecular complexity index is 791. The lowest BCUT2D eigenvalue weighted by Crippen LogP contribution is -2.31. The van der Waals surface area contributed by atoms with Crippen molar-refractivity contribution in [1.82, 2.24) is 0 Å². The number of nitrogens with one attached hydrogen (secondary N) is 1. The molecule has 0 atom stereocenters. The topological polar surface area (TPSA) is 84.7 Å². The maximum atomic E-state index is 12.3. The first-order valence-corrected chi connectivity index (χ1v) is 7.53. The van der Waals surface area contributed by atoms with Crippen LogP contribution < -0.4 is 15.0 Å². The number of nitrogens with zero attached hydrogens (tertiary/aromatic N) is 2. The van der Waals surface area contributed by atoms with Gasteiger partial charge in [0.25, 0.3) is 5.69 Å². The molecule has 3 rings (SSSR count). The molecule has 1 aliphatic heterocycles. The average Bonchev–Trinajstić information content (AvgIpc) is 2.97. The monoisotopic (exact) mass is 327 g/mol. The SMILES string of the molecule is COc1ccccc1NC(=O)CN1CCc2cc([N+](=O)[O-])ccc21. The summed E-state index contributed by atoms with van der Waals surface area (Å²) >= 11 is 0. The number of hydrogen-bond donors (Lipinski definition) is 1. The molecule has 1 amide bonds. The van der Waals surface area contributed by atoms with Gasteiger partial charge in [0.15, 0.2) is 0 Å². The quantitative estimate of drug-likeness (QED) is 0.674. The largest absolute Gasteiger partial charge is 0.495 e. The van der Waals surface area contributed by atoms with E-state index in [9.17, 15) is 14.9 Å². The van der Waals surface area contributed by atoms with Gasteiger partial charge >= 0.3 is 0 Å². The predicted molar refractivity (Wildman–Crippen MR) is 90.6 cm³/mol. The second-order valence-corrected chi connectivity index (χ2v) is 5.49. The van der Waals surface area contributed by atoms with Crippen molar-refractivity contribution in [3.8, 4) is 5.75 Å². The van der Waals surface area contributed by atoms with E-state index in [0.717, 1.165) is 11.3 Å². The van der Waals surface area contributed by atoms with Gasteiger partial charge in [-0.15, -0.1) is 0 Å². The van der Waals surface area contributed by atoms with Crippen LogP contribution in [0, 0.1) is 10.1 Å². The molecule has 0 bridgehead atoms. The third-order valence-corrected chi connectivity index (χ3v) is 3.98. The van der Waals surface area contributed by atoms with Crippen LogP contribution in [-0.4, -0.2) is 31.0 Å². The van der Waals surface area contributed by atoms with Crippen LogP contribution in [0.2, 0.25) is 0 Å². The zero-order chi connectivity index (χ0) is 17.1. The van der Waals surface area contributed by atoms with Crippen molar-refractivity contribution >= 4 is 23.0 Å². The minimum Gasteiger partial charge on any atom is -0.495 e. The summed E-state index contributed by atoms with van der Waals surface area (Å²) in [7, 11) is 1.55. The summed E-state index contributed by atoms with van der Waals surface area (Å²) in [5, 5.41) is 13.7. The fourth-order valence-electron chi connectivity index (χ4n) is 2.85. The molecule has 0 radical (unpaired) electrons. The molecule has 0 saturated heterocycles. The van der Waals surface area contributed by atoms with Gasteiger partial charge in [-0.2, -0.15) is 0 Å². The standard InChI is InChI=1S/C17H17N3O4/c1-24-16-5-3-2-4-14(16)18-17(21)11-19-9-8-12-10-13(20(22)23)6-7-15(12)19/h2-7,10H,8-9,11H2,1H3,(H,18,21). The van der Waals surface area contributed by atoms with Crippen molar-refractivity contribution in [3.05, 3.63) is 58.1 Å². The van der Waals surface area contributed by atoms with Crippen molar-refractivity contribution in [2.45, 2.75) is 6.42 Å².